The molecule has 1 heterocycles. The molecule has 1 aromatic carbocycles. The highest BCUT2D eigenvalue weighted by atomic mass is 79.9. The highest BCUT2D eigenvalue weighted by molar-refractivity contribution is 9.10. The van der Waals surface area contributed by atoms with E-state index < -0.39 is 0 Å². The minimum absolute atomic E-state index is 0.0110. The van der Waals surface area contributed by atoms with Crippen LogP contribution in [0.3, 0.4) is 0 Å². The van der Waals surface area contributed by atoms with Gasteiger partial charge in [0.05, 0.1) is 0 Å². The molecule has 0 aromatic heterocycles. The Morgan fingerprint density at radius 2 is 2.24 bits per heavy atom. The zero-order valence-corrected chi connectivity index (χ0v) is 11.8. The number of nitrogens with zero attached hydrogens (tertiary/aromatic N) is 1. The average Bonchev–Trinajstić information content (AvgIpc) is 2.32. The largest absolute Gasteiger partial charge is 0.326 e. The van der Waals surface area contributed by atoms with Crippen molar-refractivity contribution >= 4 is 27.5 Å². The quantitative estimate of drug-likeness (QED) is 0.910. The van der Waals surface area contributed by atoms with E-state index in [0.29, 0.717) is 0 Å². The van der Waals surface area contributed by atoms with Crippen molar-refractivity contribution in [3.8, 4) is 0 Å². The Kier molecular flexibility index (Phi) is 3.84. The fourth-order valence-electron chi connectivity index (χ4n) is 2.26. The minimum atomic E-state index is -0.0110. The van der Waals surface area contributed by atoms with E-state index >= 15 is 0 Å². The Morgan fingerprint density at radius 3 is 2.88 bits per heavy atom. The van der Waals surface area contributed by atoms with Crippen molar-refractivity contribution in [1.82, 2.24) is 4.90 Å². The van der Waals surface area contributed by atoms with Crippen LogP contribution in [0.1, 0.15) is 25.0 Å². The fourth-order valence-corrected chi connectivity index (χ4v) is 2.83. The zero-order valence-electron chi connectivity index (χ0n) is 10.2. The summed E-state index contributed by atoms with van der Waals surface area (Å²) in [5.74, 6) is -0.0110. The molecular weight excluding hydrogens is 280 g/mol. The van der Waals surface area contributed by atoms with E-state index in [1.807, 2.05) is 12.1 Å². The Bertz CT molecular complexity index is 445. The van der Waals surface area contributed by atoms with Crippen molar-refractivity contribution in [3.63, 3.8) is 0 Å². The molecule has 92 valence electrons. The number of carbonyl (C=O) groups is 1. The van der Waals surface area contributed by atoms with Gasteiger partial charge in [-0.1, -0.05) is 22.9 Å². The van der Waals surface area contributed by atoms with Crippen LogP contribution >= 0.6 is 15.9 Å². The van der Waals surface area contributed by atoms with Crippen LogP contribution in [0.25, 0.3) is 0 Å². The Balaban J connectivity index is 2.39. The summed E-state index contributed by atoms with van der Waals surface area (Å²) in [7, 11) is 0. The van der Waals surface area contributed by atoms with Crippen molar-refractivity contribution in [2.24, 2.45) is 0 Å². The van der Waals surface area contributed by atoms with E-state index in [-0.39, 0.29) is 5.91 Å². The molecule has 1 aliphatic heterocycles. The number of benzene rings is 1. The van der Waals surface area contributed by atoms with Gasteiger partial charge in [0, 0.05) is 30.2 Å². The maximum atomic E-state index is 11.2. The summed E-state index contributed by atoms with van der Waals surface area (Å²) in [5.41, 5.74) is 3.54. The van der Waals surface area contributed by atoms with Gasteiger partial charge in [-0.2, -0.15) is 0 Å². The normalized spacial score (nSPS) is 15.5. The molecular formula is C13H17BrN2O. The second kappa shape index (κ2) is 5.19. The fraction of sp³-hybridized carbons (Fsp3) is 0.462. The SMILES string of the molecule is CCN1CCc2c(Br)ccc(NC(C)=O)c2C1. The summed E-state index contributed by atoms with van der Waals surface area (Å²) in [6.07, 6.45) is 1.04. The van der Waals surface area contributed by atoms with Gasteiger partial charge in [0.1, 0.15) is 0 Å². The number of hydrogen-bond donors (Lipinski definition) is 1. The Labute approximate surface area is 110 Å². The van der Waals surface area contributed by atoms with Gasteiger partial charge in [0.25, 0.3) is 0 Å². The van der Waals surface area contributed by atoms with E-state index in [1.54, 1.807) is 6.92 Å². The van der Waals surface area contributed by atoms with Gasteiger partial charge in [-0.05, 0) is 36.2 Å². The van der Waals surface area contributed by atoms with E-state index in [1.165, 1.54) is 11.1 Å². The summed E-state index contributed by atoms with van der Waals surface area (Å²) in [5, 5.41) is 2.92. The van der Waals surface area contributed by atoms with Gasteiger partial charge in [0.2, 0.25) is 5.91 Å². The maximum Gasteiger partial charge on any atom is 0.221 e. The van der Waals surface area contributed by atoms with Crippen LogP contribution in [0.15, 0.2) is 16.6 Å². The van der Waals surface area contributed by atoms with Crippen LogP contribution < -0.4 is 5.32 Å². The van der Waals surface area contributed by atoms with Gasteiger partial charge in [-0.15, -0.1) is 0 Å². The average molecular weight is 297 g/mol. The molecule has 0 radical (unpaired) electrons. The molecule has 0 spiro atoms. The third kappa shape index (κ3) is 2.69. The maximum absolute atomic E-state index is 11.2. The predicted molar refractivity (Wildman–Crippen MR) is 73.1 cm³/mol. The third-order valence-corrected chi connectivity index (χ3v) is 3.93. The number of carbonyl (C=O) groups excluding carboxylic acids is 1. The number of rotatable bonds is 2. The van der Waals surface area contributed by atoms with Crippen molar-refractivity contribution in [2.75, 3.05) is 18.4 Å². The lowest BCUT2D eigenvalue weighted by Gasteiger charge is -2.30. The third-order valence-electron chi connectivity index (χ3n) is 3.19. The van der Waals surface area contributed by atoms with Gasteiger partial charge in [-0.3, -0.25) is 9.69 Å². The second-order valence-electron chi connectivity index (χ2n) is 4.35. The lowest BCUT2D eigenvalue weighted by atomic mass is 9.98. The number of fused-ring (bicyclic) bond motifs is 1. The summed E-state index contributed by atoms with van der Waals surface area (Å²) in [6, 6.07) is 4.00. The number of halogens is 1. The first-order chi connectivity index (χ1) is 8.11. The first-order valence-electron chi connectivity index (χ1n) is 5.92. The number of nitrogens with one attached hydrogen (secondary N) is 1. The van der Waals surface area contributed by atoms with Crippen molar-refractivity contribution in [2.45, 2.75) is 26.8 Å². The van der Waals surface area contributed by atoms with Crippen molar-refractivity contribution in [1.29, 1.82) is 0 Å². The smallest absolute Gasteiger partial charge is 0.221 e. The lowest BCUT2D eigenvalue weighted by molar-refractivity contribution is -0.114. The molecule has 1 aromatic rings. The van der Waals surface area contributed by atoms with E-state index in [4.69, 9.17) is 0 Å². The molecule has 0 aliphatic carbocycles. The van der Waals surface area contributed by atoms with Crippen LogP contribution in [-0.2, 0) is 17.8 Å². The van der Waals surface area contributed by atoms with Gasteiger partial charge in [0.15, 0.2) is 0 Å². The topological polar surface area (TPSA) is 32.3 Å². The Morgan fingerprint density at radius 1 is 1.47 bits per heavy atom. The molecule has 0 saturated heterocycles. The number of amides is 1. The molecule has 1 aliphatic rings. The molecule has 4 heteroatoms. The monoisotopic (exact) mass is 296 g/mol. The summed E-state index contributed by atoms with van der Waals surface area (Å²) in [4.78, 5) is 13.6. The summed E-state index contributed by atoms with van der Waals surface area (Å²) in [6.45, 7) is 6.77. The number of anilines is 1. The first kappa shape index (κ1) is 12.6. The first-order valence-corrected chi connectivity index (χ1v) is 6.71. The molecule has 0 fully saturated rings. The standard InChI is InChI=1S/C13H17BrN2O/c1-3-16-7-6-10-11(8-16)13(15-9(2)17)5-4-12(10)14/h4-5H,3,6-8H2,1-2H3,(H,15,17). The Hall–Kier alpha value is -0.870. The highest BCUT2D eigenvalue weighted by Crippen LogP contribution is 2.32. The second-order valence-corrected chi connectivity index (χ2v) is 5.21. The minimum Gasteiger partial charge on any atom is -0.326 e. The van der Waals surface area contributed by atoms with Gasteiger partial charge >= 0.3 is 0 Å². The zero-order chi connectivity index (χ0) is 12.4. The molecule has 0 atom stereocenters. The molecule has 0 saturated carbocycles. The summed E-state index contributed by atoms with van der Waals surface area (Å²) >= 11 is 3.59. The van der Waals surface area contributed by atoms with E-state index in [9.17, 15) is 4.79 Å². The molecule has 1 amide bonds. The van der Waals surface area contributed by atoms with Gasteiger partial charge in [-0.25, -0.2) is 0 Å². The molecule has 3 nitrogen and oxygen atoms in total. The van der Waals surface area contributed by atoms with Crippen LogP contribution in [-0.4, -0.2) is 23.9 Å². The molecule has 17 heavy (non-hydrogen) atoms. The van der Waals surface area contributed by atoms with Crippen molar-refractivity contribution < 1.29 is 4.79 Å². The molecule has 0 unspecified atom stereocenters. The van der Waals surface area contributed by atoms with Crippen LogP contribution in [0.4, 0.5) is 5.69 Å². The summed E-state index contributed by atoms with van der Waals surface area (Å²) < 4.78 is 1.15. The molecule has 1 N–H and O–H groups in total. The van der Waals surface area contributed by atoms with Crippen LogP contribution in [0, 0.1) is 0 Å². The highest BCUT2D eigenvalue weighted by Gasteiger charge is 2.20. The van der Waals surface area contributed by atoms with Crippen molar-refractivity contribution in [3.05, 3.63) is 27.7 Å². The van der Waals surface area contributed by atoms with E-state index in [2.05, 4.69) is 33.1 Å². The number of hydrogen-bond acceptors (Lipinski definition) is 2. The van der Waals surface area contributed by atoms with Gasteiger partial charge < -0.3 is 5.32 Å². The van der Waals surface area contributed by atoms with Crippen LogP contribution in [0.2, 0.25) is 0 Å². The lowest BCUT2D eigenvalue weighted by Crippen LogP contribution is -2.31. The molecule has 0 bridgehead atoms. The predicted octanol–water partition coefficient (Wildman–Crippen LogP) is 2.79. The van der Waals surface area contributed by atoms with E-state index in [0.717, 1.165) is 36.2 Å². The van der Waals surface area contributed by atoms with Crippen LogP contribution in [0.5, 0.6) is 0 Å². The number of likely N-dealkylation sites (N-methyl/N-ethyl adjacent to an activating group) is 1. The molecule has 2 rings (SSSR count).